The number of nitrogens with zero attached hydrogens (tertiary/aromatic N) is 2. The highest BCUT2D eigenvalue weighted by atomic mass is 32.1. The molecule has 0 atom stereocenters. The van der Waals surface area contributed by atoms with Crippen LogP contribution in [0.4, 0.5) is 11.4 Å². The van der Waals surface area contributed by atoms with E-state index in [1.165, 1.54) is 0 Å². The smallest absolute Gasteiger partial charge is 0.0907 e. The SMILES string of the molecule is Cc1nc2cc(N3CCOCC3(C)C)c(N)cc2s1. The van der Waals surface area contributed by atoms with Gasteiger partial charge in [-0.3, -0.25) is 0 Å². The first-order valence-corrected chi connectivity index (χ1v) is 7.31. The summed E-state index contributed by atoms with van der Waals surface area (Å²) in [5, 5.41) is 1.08. The maximum atomic E-state index is 6.24. The number of rotatable bonds is 1. The molecular weight excluding hydrogens is 258 g/mol. The molecule has 0 bridgehead atoms. The third-order valence-electron chi connectivity index (χ3n) is 3.58. The molecule has 1 aromatic heterocycles. The average molecular weight is 277 g/mol. The summed E-state index contributed by atoms with van der Waals surface area (Å²) < 4.78 is 6.73. The molecule has 0 spiro atoms. The van der Waals surface area contributed by atoms with Gasteiger partial charge in [0.1, 0.15) is 0 Å². The van der Waals surface area contributed by atoms with Gasteiger partial charge in [0.2, 0.25) is 0 Å². The molecule has 0 amide bonds. The summed E-state index contributed by atoms with van der Waals surface area (Å²) in [5.41, 5.74) is 9.14. The van der Waals surface area contributed by atoms with Crippen LogP contribution < -0.4 is 10.6 Å². The maximum absolute atomic E-state index is 6.24. The van der Waals surface area contributed by atoms with Crippen molar-refractivity contribution in [3.05, 3.63) is 17.1 Å². The lowest BCUT2D eigenvalue weighted by molar-refractivity contribution is 0.0645. The van der Waals surface area contributed by atoms with E-state index in [2.05, 4.69) is 29.8 Å². The van der Waals surface area contributed by atoms with Crippen molar-refractivity contribution in [1.29, 1.82) is 0 Å². The fraction of sp³-hybridized carbons (Fsp3) is 0.500. The van der Waals surface area contributed by atoms with Gasteiger partial charge in [-0.1, -0.05) is 0 Å². The Morgan fingerprint density at radius 3 is 2.95 bits per heavy atom. The standard InChI is InChI=1S/C14H19N3OS/c1-9-16-11-7-12(10(15)6-13(11)19-9)17-4-5-18-8-14(17,2)3/h6-7H,4-5,8,15H2,1-3H3. The number of nitrogens with two attached hydrogens (primary N) is 1. The molecule has 2 aromatic rings. The molecule has 3 rings (SSSR count). The Hall–Kier alpha value is -1.33. The third kappa shape index (κ3) is 2.17. The topological polar surface area (TPSA) is 51.4 Å². The first-order chi connectivity index (χ1) is 8.97. The van der Waals surface area contributed by atoms with Crippen LogP contribution in [0.1, 0.15) is 18.9 Å². The number of aryl methyl sites for hydroxylation is 1. The average Bonchev–Trinajstić information content (AvgIpc) is 2.67. The molecule has 1 fully saturated rings. The van der Waals surface area contributed by atoms with E-state index < -0.39 is 0 Å². The largest absolute Gasteiger partial charge is 0.397 e. The monoisotopic (exact) mass is 277 g/mol. The summed E-state index contributed by atoms with van der Waals surface area (Å²) in [6.45, 7) is 8.73. The molecule has 2 N–H and O–H groups in total. The van der Waals surface area contributed by atoms with Gasteiger partial charge in [0.25, 0.3) is 0 Å². The van der Waals surface area contributed by atoms with Crippen LogP contribution in [0, 0.1) is 6.92 Å². The predicted octanol–water partition coefficient (Wildman–Crippen LogP) is 2.80. The lowest BCUT2D eigenvalue weighted by Crippen LogP contribution is -2.53. The molecule has 1 aliphatic rings. The van der Waals surface area contributed by atoms with E-state index in [9.17, 15) is 0 Å². The van der Waals surface area contributed by atoms with Crippen molar-refractivity contribution < 1.29 is 4.74 Å². The van der Waals surface area contributed by atoms with Gasteiger partial charge in [0.15, 0.2) is 0 Å². The number of aromatic nitrogens is 1. The van der Waals surface area contributed by atoms with Gasteiger partial charge in [-0.25, -0.2) is 4.98 Å². The summed E-state index contributed by atoms with van der Waals surface area (Å²) in [4.78, 5) is 6.90. The molecule has 2 heterocycles. The molecule has 4 nitrogen and oxygen atoms in total. The van der Waals surface area contributed by atoms with Crippen LogP contribution in [0.2, 0.25) is 0 Å². The van der Waals surface area contributed by atoms with Crippen LogP contribution in [-0.2, 0) is 4.74 Å². The van der Waals surface area contributed by atoms with Crippen LogP contribution in [-0.4, -0.2) is 30.3 Å². The summed E-state index contributed by atoms with van der Waals surface area (Å²) in [6.07, 6.45) is 0. The highest BCUT2D eigenvalue weighted by molar-refractivity contribution is 7.18. The van der Waals surface area contributed by atoms with Crippen LogP contribution in [0.25, 0.3) is 10.2 Å². The lowest BCUT2D eigenvalue weighted by atomic mass is 10.0. The number of thiazole rings is 1. The van der Waals surface area contributed by atoms with Gasteiger partial charge in [0.05, 0.1) is 45.4 Å². The van der Waals surface area contributed by atoms with Crippen LogP contribution in [0.3, 0.4) is 0 Å². The minimum absolute atomic E-state index is 0.0366. The molecule has 102 valence electrons. The number of ether oxygens (including phenoxy) is 1. The van der Waals surface area contributed by atoms with E-state index in [-0.39, 0.29) is 5.54 Å². The molecule has 0 radical (unpaired) electrons. The minimum Gasteiger partial charge on any atom is -0.397 e. The highest BCUT2D eigenvalue weighted by Crippen LogP contribution is 2.36. The van der Waals surface area contributed by atoms with Gasteiger partial charge >= 0.3 is 0 Å². The Kier molecular flexibility index (Phi) is 2.91. The van der Waals surface area contributed by atoms with Crippen molar-refractivity contribution in [1.82, 2.24) is 4.98 Å². The quantitative estimate of drug-likeness (QED) is 0.814. The van der Waals surface area contributed by atoms with Crippen LogP contribution >= 0.6 is 11.3 Å². The van der Waals surface area contributed by atoms with E-state index in [0.717, 1.165) is 46.4 Å². The van der Waals surface area contributed by atoms with E-state index in [1.54, 1.807) is 11.3 Å². The van der Waals surface area contributed by atoms with Gasteiger partial charge in [-0.15, -0.1) is 11.3 Å². The summed E-state index contributed by atoms with van der Waals surface area (Å²) in [5.74, 6) is 0. The third-order valence-corrected chi connectivity index (χ3v) is 4.51. The number of benzene rings is 1. The molecule has 19 heavy (non-hydrogen) atoms. The first kappa shape index (κ1) is 12.7. The van der Waals surface area contributed by atoms with E-state index >= 15 is 0 Å². The summed E-state index contributed by atoms with van der Waals surface area (Å²) in [7, 11) is 0. The number of fused-ring (bicyclic) bond motifs is 1. The fourth-order valence-corrected chi connectivity index (χ4v) is 3.49. The zero-order valence-corrected chi connectivity index (χ0v) is 12.4. The maximum Gasteiger partial charge on any atom is 0.0907 e. The normalized spacial score (nSPS) is 19.0. The molecular formula is C14H19N3OS. The molecule has 1 aromatic carbocycles. The van der Waals surface area contributed by atoms with Crippen molar-refractivity contribution in [3.8, 4) is 0 Å². The molecule has 1 saturated heterocycles. The molecule has 1 aliphatic heterocycles. The Labute approximate surface area is 117 Å². The Morgan fingerprint density at radius 2 is 2.21 bits per heavy atom. The van der Waals surface area contributed by atoms with E-state index in [4.69, 9.17) is 10.5 Å². The van der Waals surface area contributed by atoms with Gasteiger partial charge < -0.3 is 15.4 Å². The van der Waals surface area contributed by atoms with Crippen molar-refractivity contribution in [2.24, 2.45) is 0 Å². The van der Waals surface area contributed by atoms with E-state index in [1.807, 2.05) is 13.0 Å². The molecule has 5 heteroatoms. The lowest BCUT2D eigenvalue weighted by Gasteiger charge is -2.44. The zero-order valence-electron chi connectivity index (χ0n) is 11.6. The fourth-order valence-electron chi connectivity index (χ4n) is 2.63. The second-order valence-electron chi connectivity index (χ2n) is 5.63. The first-order valence-electron chi connectivity index (χ1n) is 6.49. The predicted molar refractivity (Wildman–Crippen MR) is 81.0 cm³/mol. The number of anilines is 2. The van der Waals surface area contributed by atoms with Crippen molar-refractivity contribution >= 4 is 32.9 Å². The second-order valence-corrected chi connectivity index (χ2v) is 6.86. The van der Waals surface area contributed by atoms with Crippen LogP contribution in [0.15, 0.2) is 12.1 Å². The molecule has 0 saturated carbocycles. The molecule has 0 unspecified atom stereocenters. The number of nitrogen functional groups attached to an aromatic ring is 1. The van der Waals surface area contributed by atoms with Gasteiger partial charge in [-0.2, -0.15) is 0 Å². The summed E-state index contributed by atoms with van der Waals surface area (Å²) in [6, 6.07) is 4.15. The molecule has 0 aliphatic carbocycles. The van der Waals surface area contributed by atoms with Crippen LogP contribution in [0.5, 0.6) is 0 Å². The van der Waals surface area contributed by atoms with Crippen molar-refractivity contribution in [2.45, 2.75) is 26.3 Å². The Balaban J connectivity index is 2.10. The number of hydrogen-bond donors (Lipinski definition) is 1. The zero-order chi connectivity index (χ0) is 13.6. The highest BCUT2D eigenvalue weighted by Gasteiger charge is 2.32. The van der Waals surface area contributed by atoms with Gasteiger partial charge in [-0.05, 0) is 32.9 Å². The van der Waals surface area contributed by atoms with Gasteiger partial charge in [0, 0.05) is 6.54 Å². The van der Waals surface area contributed by atoms with E-state index in [0.29, 0.717) is 0 Å². The second kappa shape index (κ2) is 4.35. The number of hydrogen-bond acceptors (Lipinski definition) is 5. The number of morpholine rings is 1. The minimum atomic E-state index is -0.0366. The van der Waals surface area contributed by atoms with Crippen molar-refractivity contribution in [2.75, 3.05) is 30.4 Å². The van der Waals surface area contributed by atoms with Crippen molar-refractivity contribution in [3.63, 3.8) is 0 Å². The Bertz CT molecular complexity index is 620. The Morgan fingerprint density at radius 1 is 1.42 bits per heavy atom. The summed E-state index contributed by atoms with van der Waals surface area (Å²) >= 11 is 1.69.